The molecule has 7 heterocycles. The van der Waals surface area contributed by atoms with Crippen LogP contribution in [0.15, 0.2) is 118 Å². The van der Waals surface area contributed by atoms with Gasteiger partial charge in [0.25, 0.3) is 0 Å². The first-order valence-corrected chi connectivity index (χ1v) is 79.5. The Bertz CT molecular complexity index is 4130. The molecule has 5 aliphatic heterocycles. The lowest BCUT2D eigenvalue weighted by atomic mass is 9.49. The predicted molar refractivity (Wildman–Crippen MR) is 528 cm³/mol. The van der Waals surface area contributed by atoms with E-state index in [4.69, 9.17) is 57.8 Å². The Labute approximate surface area is 655 Å². The molecule has 2 aromatic heterocycles. The number of furan rings is 2. The molecule has 41 heteroatoms. The fraction of sp³-hybridized carbons (Fsp3) is 0.400. The minimum Gasteiger partial charge on any atom is -0.453 e. The van der Waals surface area contributed by atoms with E-state index in [1.807, 2.05) is 110 Å². The Morgan fingerprint density at radius 1 is 0.356 bits per heavy atom. The molecule has 0 bridgehead atoms. The zero-order chi connectivity index (χ0) is 75.0. The van der Waals surface area contributed by atoms with Crippen LogP contribution >= 0.6 is 230 Å². The first-order valence-electron chi connectivity index (χ1n) is 31.7. The highest BCUT2D eigenvalue weighted by Crippen LogP contribution is 3.22. The second-order valence-electron chi connectivity index (χ2n) is 28.4. The number of hydrogen-bond acceptors (Lipinski definition) is 10. The Hall–Kier alpha value is 6.37. The average molecular weight is 1880 g/mol. The maximum atomic E-state index is 6.56. The fourth-order valence-corrected chi connectivity index (χ4v) is 286. The van der Waals surface area contributed by atoms with E-state index in [-0.39, 0.29) is 121 Å². The van der Waals surface area contributed by atoms with Crippen molar-refractivity contribution < 1.29 is 46.2 Å². The van der Waals surface area contributed by atoms with Gasteiger partial charge >= 0.3 is 21.1 Å². The van der Waals surface area contributed by atoms with Gasteiger partial charge in [-0.3, -0.25) is 0 Å². The van der Waals surface area contributed by atoms with Gasteiger partial charge in [0.05, 0.1) is 33.6 Å². The van der Waals surface area contributed by atoms with Crippen molar-refractivity contribution in [2.24, 2.45) is 0 Å². The monoisotopic (exact) mass is 1880 g/mol. The van der Waals surface area contributed by atoms with Crippen LogP contribution in [0.4, 0.5) is 0 Å². The maximum absolute atomic E-state index is 6.56. The van der Waals surface area contributed by atoms with Crippen LogP contribution in [0, 0.1) is 0 Å². The summed E-state index contributed by atoms with van der Waals surface area (Å²) in [4.78, 5) is 0. The van der Waals surface area contributed by atoms with Crippen molar-refractivity contribution in [3.05, 3.63) is 136 Å². The highest BCUT2D eigenvalue weighted by molar-refractivity contribution is 9.27. The van der Waals surface area contributed by atoms with Crippen LogP contribution in [-0.4, -0.2) is 54.7 Å². The standard InChI is InChI=1S/C27H27BO4.C21H15ClO2.C12H24B2O4.H16P14.H15P13/c1-25(2)19-13-11-16(28-31-26(3,4)27(5,6)32-28)15-22(19)30-24-20(25)14-12-18-17-9-7-8-10-21(17)29-23(18)24;1-21(2)15-9-7-12(22)11-18(15)24-20-16(21)10-8-14-13-5-3-4-6-17(13)23-19(14)20;1-9(2)10(3,4)16-13(15-9)14-17-11(5,6)12(7,8)18-14;1-9(2)13(10(3)4)14(11(5)6)12(7)8;1-8-12(9(2)3)13(10(4)5)11(6)7/h7-15H,1-6H3;3-11H,1-2H3;1-8H3;1-8H2;8H,1-7H2. The van der Waals surface area contributed by atoms with Crippen molar-refractivity contribution in [1.29, 1.82) is 0 Å². The van der Waals surface area contributed by atoms with Gasteiger partial charge in [-0.05, 0) is 208 Å². The molecule has 0 N–H and O–H groups in total. The van der Waals surface area contributed by atoms with Crippen LogP contribution in [0.3, 0.4) is 0 Å². The summed E-state index contributed by atoms with van der Waals surface area (Å²) >= 11 is 6.18. The van der Waals surface area contributed by atoms with Gasteiger partial charge in [-0.1, -0.05) is 114 Å². The van der Waals surface area contributed by atoms with E-state index in [0.717, 1.165) is 103 Å². The van der Waals surface area contributed by atoms with Gasteiger partial charge in [-0.25, -0.2) is 0 Å². The third-order valence-corrected chi connectivity index (χ3v) is 172. The van der Waals surface area contributed by atoms with E-state index in [0.29, 0.717) is 5.02 Å². The molecule has 0 aliphatic carbocycles. The quantitative estimate of drug-likeness (QED) is 0.0868. The van der Waals surface area contributed by atoms with Gasteiger partial charge in [0.1, 0.15) is 22.7 Å². The van der Waals surface area contributed by atoms with Crippen molar-refractivity contribution in [2.75, 3.05) is 0 Å². The number of ether oxygens (including phenoxy) is 2. The molecular formula is C60H97B3ClO10P27. The van der Waals surface area contributed by atoms with Crippen molar-refractivity contribution >= 4 is 301 Å². The van der Waals surface area contributed by atoms with E-state index in [1.165, 1.54) is 0 Å². The molecule has 0 amide bonds. The normalized spacial score (nSPS) is 19.6. The third-order valence-electron chi connectivity index (χ3n) is 19.3. The van der Waals surface area contributed by atoms with Crippen LogP contribution in [0.5, 0.6) is 23.0 Å². The summed E-state index contributed by atoms with van der Waals surface area (Å²) in [6.45, 7) is 35.0. The van der Waals surface area contributed by atoms with Gasteiger partial charge in [-0.15, -0.1) is 134 Å². The number of hydrogen-bond donors (Lipinski definition) is 0. The zero-order valence-electron chi connectivity index (χ0n) is 59.7. The first-order chi connectivity index (χ1) is 46.7. The molecule has 3 fully saturated rings. The lowest BCUT2D eigenvalue weighted by Crippen LogP contribution is -2.41. The summed E-state index contributed by atoms with van der Waals surface area (Å²) in [7, 11) is 45.2. The second-order valence-corrected chi connectivity index (χ2v) is 130. The van der Waals surface area contributed by atoms with Crippen LogP contribution in [-0.2, 0) is 38.8 Å². The summed E-state index contributed by atoms with van der Waals surface area (Å²) in [6, 6.07) is 36.9. The van der Waals surface area contributed by atoms with Crippen molar-refractivity contribution in [2.45, 2.75) is 155 Å². The number of fused-ring (bicyclic) bond motifs is 12. The topological polar surface area (TPSA) is 100 Å². The molecule has 0 radical (unpaired) electrons. The highest BCUT2D eigenvalue weighted by Gasteiger charge is 2.64. The lowest BCUT2D eigenvalue weighted by Gasteiger charge is -2.37. The van der Waals surface area contributed by atoms with Crippen LogP contribution in [0.1, 0.15) is 133 Å². The van der Waals surface area contributed by atoms with Crippen LogP contribution in [0.25, 0.3) is 43.9 Å². The summed E-state index contributed by atoms with van der Waals surface area (Å²) in [5.74, 6) is 3.21. The third kappa shape index (κ3) is 20.2. The molecule has 17 unspecified atom stereocenters. The number of halogens is 1. The molecule has 10 nitrogen and oxygen atoms in total. The molecule has 17 atom stereocenters. The summed E-state index contributed by atoms with van der Waals surface area (Å²) < 4.78 is 61.6. The Morgan fingerprint density at radius 2 is 0.683 bits per heavy atom. The second kappa shape index (κ2) is 36.7. The maximum Gasteiger partial charge on any atom is 0.494 e. The SMILES string of the molecule is CC1(C)OB(B2OC(C)(C)C(C)(C)O2)OC1(C)C.CC1(C)c2ccc(B3OC(C)(C)C(C)(C)O3)cc2Oc2c1ccc1c2oc2ccccc21.CC1(C)c2ccc(Cl)cc2Oc2c1ccc1c2oc2ccccc21.PP(P)P(P(P)P)P(P(P)P)P(P)P.PPP(P(P)P)P(P(P)P)P(P)P. The van der Waals surface area contributed by atoms with Gasteiger partial charge in [-0.2, -0.15) is 0 Å². The Morgan fingerprint density at radius 3 is 1.02 bits per heavy atom. The highest BCUT2D eigenvalue weighted by atomic mass is 35.5. The molecule has 0 spiro atoms. The Balaban J connectivity index is 0.000000154. The van der Waals surface area contributed by atoms with Crippen molar-refractivity contribution in [1.82, 2.24) is 0 Å². The lowest BCUT2D eigenvalue weighted by molar-refractivity contribution is 0.00578. The molecular weight excluding hydrogens is 1780 g/mol. The molecule has 101 heavy (non-hydrogen) atoms. The predicted octanol–water partition coefficient (Wildman–Crippen LogP) is 30.2. The smallest absolute Gasteiger partial charge is 0.453 e. The minimum atomic E-state index is -0.476. The summed E-state index contributed by atoms with van der Waals surface area (Å²) in [5.41, 5.74) is 6.19. The first kappa shape index (κ1) is 91.3. The number of rotatable bonds is 12. The molecule has 3 saturated heterocycles. The van der Waals surface area contributed by atoms with Gasteiger partial charge in [0.2, 0.25) is 0 Å². The van der Waals surface area contributed by atoms with Gasteiger partial charge in [0, 0.05) is 59.7 Å². The zero-order valence-corrected chi connectivity index (χ0v) is 88.6. The largest absolute Gasteiger partial charge is 0.494 e. The number of para-hydroxylation sites is 2. The summed E-state index contributed by atoms with van der Waals surface area (Å²) in [6.07, 6.45) is 0. The molecule has 13 rings (SSSR count). The molecule has 6 aromatic carbocycles. The van der Waals surface area contributed by atoms with E-state index in [2.05, 4.69) is 244 Å². The van der Waals surface area contributed by atoms with E-state index in [1.54, 1.807) is 0 Å². The number of benzene rings is 6. The Kier molecular flexibility index (Phi) is 33.2. The van der Waals surface area contributed by atoms with E-state index >= 15 is 0 Å². The molecule has 548 valence electrons. The van der Waals surface area contributed by atoms with Gasteiger partial charge < -0.3 is 46.2 Å². The minimum absolute atomic E-state index is 0.0856. The van der Waals surface area contributed by atoms with E-state index < -0.39 is 21.1 Å². The van der Waals surface area contributed by atoms with Gasteiger partial charge in [0.15, 0.2) is 22.7 Å². The molecule has 5 aliphatic rings. The van der Waals surface area contributed by atoms with Crippen LogP contribution < -0.4 is 14.9 Å². The van der Waals surface area contributed by atoms with E-state index in [9.17, 15) is 0 Å². The van der Waals surface area contributed by atoms with Crippen LogP contribution in [0.2, 0.25) is 5.02 Å². The molecule has 8 aromatic rings. The van der Waals surface area contributed by atoms with Crippen molar-refractivity contribution in [3.8, 4) is 23.0 Å². The molecule has 0 saturated carbocycles. The summed E-state index contributed by atoms with van der Waals surface area (Å²) in [5, 5.41) is 5.02. The average Bonchev–Trinajstić information content (AvgIpc) is 1.72. The van der Waals surface area contributed by atoms with Crippen molar-refractivity contribution in [3.63, 3.8) is 0 Å². The fourth-order valence-electron chi connectivity index (χ4n) is 11.7.